The molecule has 2 aliphatic carbocycles. The fourth-order valence-electron chi connectivity index (χ4n) is 4.99. The molecule has 26 heavy (non-hydrogen) atoms. The van der Waals surface area contributed by atoms with Gasteiger partial charge in [-0.2, -0.15) is 13.2 Å². The van der Waals surface area contributed by atoms with Crippen molar-refractivity contribution in [2.45, 2.75) is 77.5 Å². The molecule has 2 N–H and O–H groups in total. The highest BCUT2D eigenvalue weighted by Gasteiger charge is 2.52. The van der Waals surface area contributed by atoms with Crippen LogP contribution in [0.2, 0.25) is 0 Å². The molecule has 1 amide bonds. The van der Waals surface area contributed by atoms with Crippen LogP contribution in [0, 0.1) is 23.2 Å². The zero-order valence-electron chi connectivity index (χ0n) is 15.8. The number of amides is 1. The summed E-state index contributed by atoms with van der Waals surface area (Å²) in [4.78, 5) is 24.2. The minimum Gasteiger partial charge on any atom is -0.380 e. The Morgan fingerprint density at radius 2 is 2.00 bits per heavy atom. The van der Waals surface area contributed by atoms with Gasteiger partial charge in [-0.3, -0.25) is 9.59 Å². The summed E-state index contributed by atoms with van der Waals surface area (Å²) in [5.74, 6) is -0.0844. The van der Waals surface area contributed by atoms with Gasteiger partial charge in [0, 0.05) is 18.9 Å². The summed E-state index contributed by atoms with van der Waals surface area (Å²) >= 11 is 0. The van der Waals surface area contributed by atoms with E-state index in [0.717, 1.165) is 32.1 Å². The van der Waals surface area contributed by atoms with Crippen molar-refractivity contribution < 1.29 is 27.9 Å². The Labute approximate surface area is 152 Å². The topological polar surface area (TPSA) is 66.4 Å². The van der Waals surface area contributed by atoms with E-state index in [1.165, 1.54) is 0 Å². The predicted molar refractivity (Wildman–Crippen MR) is 91.3 cm³/mol. The van der Waals surface area contributed by atoms with E-state index in [1.807, 2.05) is 6.92 Å². The molecule has 0 bridgehead atoms. The van der Waals surface area contributed by atoms with E-state index in [0.29, 0.717) is 19.1 Å². The number of aliphatic hydroxyl groups is 1. The molecule has 2 fully saturated rings. The van der Waals surface area contributed by atoms with Gasteiger partial charge in [-0.05, 0) is 49.9 Å². The molecular weight excluding hydrogens is 347 g/mol. The van der Waals surface area contributed by atoms with Gasteiger partial charge in [-0.15, -0.1) is 0 Å². The smallest absolute Gasteiger partial charge is 0.380 e. The van der Waals surface area contributed by atoms with Crippen molar-refractivity contribution in [2.75, 3.05) is 6.54 Å². The summed E-state index contributed by atoms with van der Waals surface area (Å²) in [6.07, 6.45) is -0.487. The first-order valence-corrected chi connectivity index (χ1v) is 9.47. The van der Waals surface area contributed by atoms with Crippen LogP contribution in [0.1, 0.15) is 65.7 Å². The number of alkyl halides is 3. The van der Waals surface area contributed by atoms with Crippen molar-refractivity contribution in [3.8, 4) is 0 Å². The monoisotopic (exact) mass is 377 g/mol. The third-order valence-corrected chi connectivity index (χ3v) is 6.60. The van der Waals surface area contributed by atoms with Crippen molar-refractivity contribution in [3.05, 3.63) is 0 Å². The van der Waals surface area contributed by atoms with Gasteiger partial charge in [0.15, 0.2) is 5.60 Å². The Bertz CT molecular complexity index is 547. The lowest BCUT2D eigenvalue weighted by atomic mass is 9.52. The molecule has 150 valence electrons. The molecule has 0 aromatic heterocycles. The van der Waals surface area contributed by atoms with Crippen LogP contribution in [0.3, 0.4) is 0 Å². The van der Waals surface area contributed by atoms with E-state index in [9.17, 15) is 27.9 Å². The van der Waals surface area contributed by atoms with Crippen molar-refractivity contribution in [1.82, 2.24) is 5.32 Å². The molecule has 0 aromatic rings. The molecule has 0 unspecified atom stereocenters. The van der Waals surface area contributed by atoms with Crippen LogP contribution < -0.4 is 5.32 Å². The molecule has 2 aliphatic rings. The van der Waals surface area contributed by atoms with E-state index in [-0.39, 0.29) is 29.7 Å². The van der Waals surface area contributed by atoms with Gasteiger partial charge in [-0.25, -0.2) is 0 Å². The molecule has 5 atom stereocenters. The van der Waals surface area contributed by atoms with Gasteiger partial charge in [-0.1, -0.05) is 20.3 Å². The largest absolute Gasteiger partial charge is 0.417 e. The van der Waals surface area contributed by atoms with E-state index < -0.39 is 24.1 Å². The Hall–Kier alpha value is -1.11. The van der Waals surface area contributed by atoms with Crippen LogP contribution in [-0.2, 0) is 9.59 Å². The van der Waals surface area contributed by atoms with E-state index >= 15 is 0 Å². The molecule has 7 heteroatoms. The number of carbonyl (C=O) groups is 2. The number of fused-ring (bicyclic) bond motifs is 1. The van der Waals surface area contributed by atoms with Gasteiger partial charge in [0.2, 0.25) is 5.91 Å². The number of rotatable bonds is 5. The molecule has 2 saturated carbocycles. The van der Waals surface area contributed by atoms with Crippen LogP contribution in [0.25, 0.3) is 0 Å². The highest BCUT2D eigenvalue weighted by molar-refractivity contribution is 5.82. The number of hydrogen-bond donors (Lipinski definition) is 2. The summed E-state index contributed by atoms with van der Waals surface area (Å²) in [5.41, 5.74) is -3.12. The van der Waals surface area contributed by atoms with E-state index in [4.69, 9.17) is 0 Å². The van der Waals surface area contributed by atoms with Crippen LogP contribution in [0.4, 0.5) is 13.2 Å². The first kappa shape index (κ1) is 21.2. The highest BCUT2D eigenvalue weighted by Crippen LogP contribution is 2.54. The van der Waals surface area contributed by atoms with Gasteiger partial charge in [0.05, 0.1) is 6.42 Å². The maximum atomic E-state index is 12.7. The fourth-order valence-corrected chi connectivity index (χ4v) is 4.99. The zero-order chi connectivity index (χ0) is 19.8. The van der Waals surface area contributed by atoms with Crippen LogP contribution >= 0.6 is 0 Å². The first-order chi connectivity index (χ1) is 11.9. The van der Waals surface area contributed by atoms with Crippen molar-refractivity contribution in [2.24, 2.45) is 23.2 Å². The quantitative estimate of drug-likeness (QED) is 0.769. The van der Waals surface area contributed by atoms with Crippen LogP contribution in [0.5, 0.6) is 0 Å². The van der Waals surface area contributed by atoms with Gasteiger partial charge >= 0.3 is 6.18 Å². The summed E-state index contributed by atoms with van der Waals surface area (Å²) in [6.45, 7) is 5.01. The summed E-state index contributed by atoms with van der Waals surface area (Å²) < 4.78 is 38.1. The van der Waals surface area contributed by atoms with Gasteiger partial charge in [0.1, 0.15) is 5.78 Å². The highest BCUT2D eigenvalue weighted by atomic mass is 19.4. The van der Waals surface area contributed by atoms with Crippen molar-refractivity contribution >= 4 is 11.7 Å². The molecule has 0 aliphatic heterocycles. The van der Waals surface area contributed by atoms with Crippen molar-refractivity contribution in [3.63, 3.8) is 0 Å². The van der Waals surface area contributed by atoms with Crippen LogP contribution in [0.15, 0.2) is 0 Å². The minimum atomic E-state index is -4.84. The second kappa shape index (κ2) is 7.49. The summed E-state index contributed by atoms with van der Waals surface area (Å²) in [6, 6.07) is 0. The molecule has 0 heterocycles. The maximum Gasteiger partial charge on any atom is 0.417 e. The summed E-state index contributed by atoms with van der Waals surface area (Å²) in [7, 11) is 0. The lowest BCUT2D eigenvalue weighted by Gasteiger charge is -2.51. The third kappa shape index (κ3) is 4.24. The molecular formula is C19H30F3NO3. The number of ketones is 1. The maximum absolute atomic E-state index is 12.7. The second-order valence-electron chi connectivity index (χ2n) is 8.65. The zero-order valence-corrected chi connectivity index (χ0v) is 15.8. The van der Waals surface area contributed by atoms with Crippen molar-refractivity contribution in [1.29, 1.82) is 0 Å². The predicted octanol–water partition coefficient (Wildman–Crippen LogP) is 3.62. The first-order valence-electron chi connectivity index (χ1n) is 9.47. The SMILES string of the molecule is C[C@H](CNC(=O)C[C@@](C)(O)C(F)(F)F)[C@H]1CCC[C@H]2C(=O)CCC[C@]12C. The number of halogens is 3. The van der Waals surface area contributed by atoms with Gasteiger partial charge in [0.25, 0.3) is 0 Å². The molecule has 0 aromatic carbocycles. The Balaban J connectivity index is 1.96. The van der Waals surface area contributed by atoms with Gasteiger partial charge < -0.3 is 10.4 Å². The average Bonchev–Trinajstić information content (AvgIpc) is 2.50. The third-order valence-electron chi connectivity index (χ3n) is 6.60. The Morgan fingerprint density at radius 3 is 2.62 bits per heavy atom. The fraction of sp³-hybridized carbons (Fsp3) is 0.895. The molecule has 2 rings (SSSR count). The van der Waals surface area contributed by atoms with E-state index in [1.54, 1.807) is 0 Å². The Kier molecular flexibility index (Phi) is 6.10. The standard InChI is InChI=1S/C19H30F3NO3/c1-12(11-23-16(25)10-18(3,26)19(20,21)22)13-6-4-7-14-15(24)8-5-9-17(13,14)2/h12-14,26H,4-11H2,1-3H3,(H,23,25)/t12-,13-,14+,17-,18-/m1/s1. The molecule has 0 radical (unpaired) electrons. The summed E-state index contributed by atoms with van der Waals surface area (Å²) in [5, 5.41) is 12.0. The number of carbonyl (C=O) groups excluding carboxylic acids is 2. The number of nitrogens with one attached hydrogen (secondary N) is 1. The van der Waals surface area contributed by atoms with Crippen LogP contribution in [-0.4, -0.2) is 35.1 Å². The molecule has 0 spiro atoms. The molecule has 4 nitrogen and oxygen atoms in total. The normalized spacial score (nSPS) is 33.1. The Morgan fingerprint density at radius 1 is 1.35 bits per heavy atom. The number of hydrogen-bond acceptors (Lipinski definition) is 3. The lowest BCUT2D eigenvalue weighted by molar-refractivity contribution is -0.253. The number of Topliss-reactive ketones (excluding diaryl/α,β-unsaturated/α-hetero) is 1. The second-order valence-corrected chi connectivity index (χ2v) is 8.65. The minimum absolute atomic E-state index is 0.0634. The lowest BCUT2D eigenvalue weighted by Crippen LogP contribution is -2.50. The van der Waals surface area contributed by atoms with E-state index in [2.05, 4.69) is 12.2 Å². The molecule has 0 saturated heterocycles. The average molecular weight is 377 g/mol.